The second-order valence-corrected chi connectivity index (χ2v) is 3.53. The van der Waals surface area contributed by atoms with Crippen molar-refractivity contribution >= 4 is 142 Å². The zero-order valence-electron chi connectivity index (χ0n) is 10.4. The number of quaternary nitrogens is 1. The Morgan fingerprint density at radius 2 is 0.875 bits per heavy atom. The summed E-state index contributed by atoms with van der Waals surface area (Å²) in [5.74, 6) is -6.19. The van der Waals surface area contributed by atoms with Gasteiger partial charge in [0.25, 0.3) is 0 Å². The molecule has 0 bridgehead atoms. The molecule has 0 radical (unpaired) electrons. The van der Waals surface area contributed by atoms with Gasteiger partial charge >= 0.3 is 136 Å². The van der Waals surface area contributed by atoms with Crippen LogP contribution >= 0.6 is 0 Å². The van der Waals surface area contributed by atoms with Crippen LogP contribution in [0, 0.1) is 0 Å². The van der Waals surface area contributed by atoms with E-state index in [2.05, 4.69) is 0 Å². The maximum absolute atomic E-state index is 10.5. The van der Waals surface area contributed by atoms with Crippen molar-refractivity contribution in [2.24, 2.45) is 0 Å². The van der Waals surface area contributed by atoms with Crippen LogP contribution in [0.25, 0.3) is 0 Å². The van der Waals surface area contributed by atoms with E-state index in [1.807, 2.05) is 0 Å². The zero-order valence-corrected chi connectivity index (χ0v) is 10.4. The van der Waals surface area contributed by atoms with Crippen LogP contribution in [0.5, 0.6) is 0 Å². The summed E-state index contributed by atoms with van der Waals surface area (Å²) in [6, 6.07) is 0. The molecule has 0 aromatic rings. The van der Waals surface area contributed by atoms with Crippen LogP contribution < -0.4 is 11.3 Å². The van der Waals surface area contributed by atoms with E-state index in [0.29, 0.717) is 0 Å². The third-order valence-corrected chi connectivity index (χ3v) is 1.88. The fourth-order valence-electron chi connectivity index (χ4n) is 1.47. The summed E-state index contributed by atoms with van der Waals surface area (Å²) in [4.78, 5) is 42.1. The molecule has 0 spiro atoms. The topological polar surface area (TPSA) is 250 Å². The Bertz CT molecular complexity index is 301. The summed E-state index contributed by atoms with van der Waals surface area (Å²) in [5.41, 5.74) is 0. The minimum atomic E-state index is -1.71. The number of aliphatic carboxylic acids is 4. The molecule has 0 atom stereocenters. The van der Waals surface area contributed by atoms with E-state index in [9.17, 15) is 24.3 Å². The van der Waals surface area contributed by atoms with E-state index in [4.69, 9.17) is 15.3 Å². The Balaban J connectivity index is -0.0000000610. The minimum absolute atomic E-state index is 0. The van der Waals surface area contributed by atoms with Gasteiger partial charge in [-0.05, 0) is 0 Å². The molecule has 24 heavy (non-hydrogen) atoms. The van der Waals surface area contributed by atoms with Gasteiger partial charge in [-0.25, -0.2) is 14.4 Å². The molecule has 0 aliphatic heterocycles. The van der Waals surface area contributed by atoms with E-state index in [-0.39, 0.29) is 135 Å². The van der Waals surface area contributed by atoms with Gasteiger partial charge in [0.05, 0.1) is 5.97 Å². The molecular weight excluding hydrogens is 376 g/mol. The number of carbonyl (C=O) groups is 4. The Labute approximate surface area is 226 Å². The fraction of sp³-hybridized carbons (Fsp3) is 0.500. The number of hydrogen-bond donors (Lipinski definition) is 4. The van der Waals surface area contributed by atoms with E-state index in [1.165, 1.54) is 0 Å². The quantitative estimate of drug-likeness (QED) is 0.223. The molecule has 0 aromatic carbocycles. The third-order valence-electron chi connectivity index (χ3n) is 1.88. The van der Waals surface area contributed by atoms with Crippen molar-refractivity contribution in [1.82, 2.24) is 6.15 Å². The first-order chi connectivity index (χ1) is 7.67. The van der Waals surface area contributed by atoms with Crippen molar-refractivity contribution in [1.29, 1.82) is 0 Å². The molecule has 16 heteroatoms. The average molecular weight is 398 g/mol. The molecule has 0 fully saturated rings. The van der Waals surface area contributed by atoms with Crippen molar-refractivity contribution in [3.63, 3.8) is 0 Å². The Morgan fingerprint density at radius 3 is 1.00 bits per heavy atom. The van der Waals surface area contributed by atoms with Crippen molar-refractivity contribution < 1.29 is 55.0 Å². The van der Waals surface area contributed by atoms with Gasteiger partial charge in [0, 0.05) is 0 Å². The molecule has 0 rings (SSSR count). The first-order valence-corrected chi connectivity index (χ1v) is 4.37. The number of carboxylic acids is 4. The zero-order chi connectivity index (χ0) is 13.6. The maximum atomic E-state index is 10.5. The van der Waals surface area contributed by atoms with Gasteiger partial charge in [0.15, 0.2) is 19.6 Å². The summed E-state index contributed by atoms with van der Waals surface area (Å²) in [7, 11) is 0. The van der Waals surface area contributed by atoms with Crippen LogP contribution in [-0.2, 0) is 19.2 Å². The predicted octanol–water partition coefficient (Wildman–Crippen LogP) is -7.27. The Kier molecular flexibility index (Phi) is 51.6. The molecule has 12 nitrogen and oxygen atoms in total. The molecule has 128 valence electrons. The Morgan fingerprint density at radius 1 is 0.667 bits per heavy atom. The summed E-state index contributed by atoms with van der Waals surface area (Å²) < 4.78 is -1.14. The van der Waals surface area contributed by atoms with Crippen molar-refractivity contribution in [2.45, 2.75) is 0 Å². The molecular formula is C8H22N2Na4O10. The molecule has 0 saturated carbocycles. The molecule has 0 aliphatic carbocycles. The van der Waals surface area contributed by atoms with Crippen molar-refractivity contribution in [2.75, 3.05) is 26.2 Å². The van der Waals surface area contributed by atoms with Crippen LogP contribution in [0.3, 0.4) is 0 Å². The number of carbonyl (C=O) groups excluding carboxylic acids is 1. The molecule has 0 heterocycles. The fourth-order valence-corrected chi connectivity index (χ4v) is 1.47. The molecule has 0 aliphatic rings. The van der Waals surface area contributed by atoms with Gasteiger partial charge in [-0.15, -0.1) is 0 Å². The summed E-state index contributed by atoms with van der Waals surface area (Å²) >= 11 is 0. The third kappa shape index (κ3) is 26.0. The van der Waals surface area contributed by atoms with Gasteiger partial charge in [-0.1, -0.05) is 0 Å². The molecule has 10 N–H and O–H groups in total. The number of carboxylic acid groups (broad SMARTS) is 4. The van der Waals surface area contributed by atoms with Crippen LogP contribution in [0.15, 0.2) is 0 Å². The number of hydrogen-bond acceptors (Lipinski definition) is 6. The summed E-state index contributed by atoms with van der Waals surface area (Å²) in [6.07, 6.45) is 0. The van der Waals surface area contributed by atoms with E-state index < -0.39 is 54.5 Å². The van der Waals surface area contributed by atoms with Crippen molar-refractivity contribution in [3.05, 3.63) is 0 Å². The van der Waals surface area contributed by atoms with E-state index >= 15 is 0 Å². The first kappa shape index (κ1) is 50.1. The summed E-state index contributed by atoms with van der Waals surface area (Å²) in [6.45, 7) is -3.77. The van der Waals surface area contributed by atoms with Crippen molar-refractivity contribution in [3.8, 4) is 0 Å². The standard InChI is InChI=1S/C8H11NO8.H3N.4Na.2H2O.4H/c10-5(11)1-9(2-6(12)13,3-7(14)15)4-8(16)17;;;;;;;;;;;/h1-4H2,(H3-,10,11,12,13,14,15,16,17);1H3;;;;;2*1H2;;;;. The first-order valence-electron chi connectivity index (χ1n) is 4.37. The SMILES string of the molecule is N.O.O.O=C([O-])C[N+](CC(=O)O)(CC(=O)O)CC(=O)O.[NaH].[NaH].[NaH].[NaH]. The van der Waals surface area contributed by atoms with Crippen LogP contribution in [0.2, 0.25) is 0 Å². The Hall–Kier alpha value is 1.72. The van der Waals surface area contributed by atoms with E-state index in [1.54, 1.807) is 0 Å². The van der Waals surface area contributed by atoms with Gasteiger partial charge in [-0.3, -0.25) is 4.48 Å². The monoisotopic (exact) mass is 398 g/mol. The van der Waals surface area contributed by atoms with Crippen LogP contribution in [0.1, 0.15) is 0 Å². The van der Waals surface area contributed by atoms with E-state index in [0.717, 1.165) is 0 Å². The van der Waals surface area contributed by atoms with Gasteiger partial charge in [-0.2, -0.15) is 0 Å². The second-order valence-electron chi connectivity index (χ2n) is 3.53. The normalized spacial score (nSPS) is 7.67. The molecule has 0 amide bonds. The van der Waals surface area contributed by atoms with Crippen LogP contribution in [-0.4, -0.2) is 199 Å². The van der Waals surface area contributed by atoms with Gasteiger partial charge in [0.1, 0.15) is 6.54 Å². The second kappa shape index (κ2) is 24.7. The number of rotatable bonds is 8. The van der Waals surface area contributed by atoms with Crippen LogP contribution in [0.4, 0.5) is 0 Å². The predicted molar refractivity (Wildman–Crippen MR) is 88.5 cm³/mol. The summed E-state index contributed by atoms with van der Waals surface area (Å²) in [5, 5.41) is 36.2. The molecule has 0 unspecified atom stereocenters. The van der Waals surface area contributed by atoms with Gasteiger partial charge < -0.3 is 42.3 Å². The molecule has 0 aromatic heterocycles. The molecule has 0 saturated heterocycles. The van der Waals surface area contributed by atoms with Gasteiger partial charge in [0.2, 0.25) is 0 Å². The average Bonchev–Trinajstić information content (AvgIpc) is 1.95. The number of nitrogens with zero attached hydrogens (tertiary/aromatic N) is 1.